The van der Waals surface area contributed by atoms with E-state index in [-0.39, 0.29) is 5.82 Å². The summed E-state index contributed by atoms with van der Waals surface area (Å²) in [6.45, 7) is 6.23. The maximum absolute atomic E-state index is 11.4. The molecule has 1 aromatic heterocycles. The molecule has 0 bridgehead atoms. The number of esters is 1. The van der Waals surface area contributed by atoms with Crippen LogP contribution in [-0.4, -0.2) is 54.1 Å². The van der Waals surface area contributed by atoms with E-state index in [9.17, 15) is 4.79 Å². The molecule has 1 N–H and O–H groups in total. The molecule has 20 heavy (non-hydrogen) atoms. The van der Waals surface area contributed by atoms with Crippen LogP contribution in [0.1, 0.15) is 35.6 Å². The highest BCUT2D eigenvalue weighted by Gasteiger charge is 2.12. The lowest BCUT2D eigenvalue weighted by Gasteiger charge is -2.14. The minimum absolute atomic E-state index is 0.106. The van der Waals surface area contributed by atoms with E-state index >= 15 is 0 Å². The van der Waals surface area contributed by atoms with E-state index in [1.165, 1.54) is 33.0 Å². The minimum atomic E-state index is -0.506. The standard InChI is InChI=1S/C14H22N4O2/c1-11-10-12(17-13(16-11)14(19)20-2)15-6-5-9-18-7-3-4-8-18/h10H,3-9H2,1-2H3,(H,15,16,17). The quantitative estimate of drug-likeness (QED) is 0.628. The van der Waals surface area contributed by atoms with Crippen LogP contribution in [0.2, 0.25) is 0 Å². The van der Waals surface area contributed by atoms with Crippen molar-refractivity contribution in [1.82, 2.24) is 14.9 Å². The van der Waals surface area contributed by atoms with Gasteiger partial charge in [0.25, 0.3) is 0 Å². The molecule has 110 valence electrons. The molecule has 1 fully saturated rings. The van der Waals surface area contributed by atoms with Gasteiger partial charge in [0.1, 0.15) is 5.82 Å². The van der Waals surface area contributed by atoms with E-state index < -0.39 is 5.97 Å². The first-order valence-electron chi connectivity index (χ1n) is 7.09. The molecule has 1 aliphatic heterocycles. The number of carbonyl (C=O) groups is 1. The van der Waals surface area contributed by atoms with Crippen molar-refractivity contribution >= 4 is 11.8 Å². The Morgan fingerprint density at radius 2 is 2.15 bits per heavy atom. The van der Waals surface area contributed by atoms with Gasteiger partial charge in [-0.15, -0.1) is 0 Å². The van der Waals surface area contributed by atoms with Gasteiger partial charge in [-0.1, -0.05) is 0 Å². The number of nitrogens with zero attached hydrogens (tertiary/aromatic N) is 3. The van der Waals surface area contributed by atoms with Crippen molar-refractivity contribution in [2.75, 3.05) is 38.6 Å². The van der Waals surface area contributed by atoms with E-state index in [2.05, 4.69) is 24.9 Å². The van der Waals surface area contributed by atoms with Crippen LogP contribution >= 0.6 is 0 Å². The maximum Gasteiger partial charge on any atom is 0.376 e. The fourth-order valence-electron chi connectivity index (χ4n) is 2.37. The van der Waals surface area contributed by atoms with E-state index in [0.29, 0.717) is 5.82 Å². The molecule has 0 spiro atoms. The molecule has 0 radical (unpaired) electrons. The summed E-state index contributed by atoms with van der Waals surface area (Å²) in [5, 5.41) is 3.24. The molecular formula is C14H22N4O2. The molecule has 6 heteroatoms. The van der Waals surface area contributed by atoms with Crippen molar-refractivity contribution in [3.63, 3.8) is 0 Å². The summed E-state index contributed by atoms with van der Waals surface area (Å²) in [6.07, 6.45) is 3.71. The summed E-state index contributed by atoms with van der Waals surface area (Å²) in [5.74, 6) is 0.280. The van der Waals surface area contributed by atoms with Gasteiger partial charge >= 0.3 is 5.97 Å². The van der Waals surface area contributed by atoms with Gasteiger partial charge < -0.3 is 15.0 Å². The third kappa shape index (κ3) is 4.16. The van der Waals surface area contributed by atoms with Gasteiger partial charge in [-0.05, 0) is 45.8 Å². The smallest absolute Gasteiger partial charge is 0.376 e. The van der Waals surface area contributed by atoms with Gasteiger partial charge in [0.2, 0.25) is 5.82 Å². The lowest BCUT2D eigenvalue weighted by Crippen LogP contribution is -2.22. The Morgan fingerprint density at radius 1 is 1.40 bits per heavy atom. The zero-order valence-corrected chi connectivity index (χ0v) is 12.2. The zero-order chi connectivity index (χ0) is 14.4. The maximum atomic E-state index is 11.4. The second-order valence-electron chi connectivity index (χ2n) is 5.04. The van der Waals surface area contributed by atoms with Gasteiger partial charge in [0.15, 0.2) is 0 Å². The molecule has 0 unspecified atom stereocenters. The van der Waals surface area contributed by atoms with E-state index in [0.717, 1.165) is 25.2 Å². The topological polar surface area (TPSA) is 67.3 Å². The molecule has 1 aliphatic rings. The van der Waals surface area contributed by atoms with E-state index in [4.69, 9.17) is 0 Å². The fraction of sp³-hybridized carbons (Fsp3) is 0.643. The Hall–Kier alpha value is -1.69. The SMILES string of the molecule is COC(=O)c1nc(C)cc(NCCCN2CCCC2)n1. The Bertz CT molecular complexity index is 458. The number of aryl methyl sites for hydroxylation is 1. The van der Waals surface area contributed by atoms with Crippen molar-refractivity contribution in [3.8, 4) is 0 Å². The number of hydrogen-bond acceptors (Lipinski definition) is 6. The number of likely N-dealkylation sites (tertiary alicyclic amines) is 1. The zero-order valence-electron chi connectivity index (χ0n) is 12.2. The van der Waals surface area contributed by atoms with Crippen molar-refractivity contribution in [2.24, 2.45) is 0 Å². The second-order valence-corrected chi connectivity index (χ2v) is 5.04. The van der Waals surface area contributed by atoms with Crippen LogP contribution in [0.15, 0.2) is 6.07 Å². The van der Waals surface area contributed by atoms with Gasteiger partial charge in [-0.3, -0.25) is 0 Å². The molecule has 2 heterocycles. The number of hydrogen-bond donors (Lipinski definition) is 1. The molecule has 2 rings (SSSR count). The Balaban J connectivity index is 1.82. The third-order valence-electron chi connectivity index (χ3n) is 3.38. The summed E-state index contributed by atoms with van der Waals surface area (Å²) in [7, 11) is 1.33. The highest BCUT2D eigenvalue weighted by molar-refractivity contribution is 5.85. The molecule has 0 atom stereocenters. The van der Waals surface area contributed by atoms with Crippen LogP contribution in [0.25, 0.3) is 0 Å². The molecule has 0 saturated carbocycles. The minimum Gasteiger partial charge on any atom is -0.463 e. The van der Waals surface area contributed by atoms with Crippen LogP contribution < -0.4 is 5.32 Å². The van der Waals surface area contributed by atoms with Gasteiger partial charge in [-0.25, -0.2) is 14.8 Å². The second kappa shape index (κ2) is 7.19. The summed E-state index contributed by atoms with van der Waals surface area (Å²) in [5.41, 5.74) is 0.752. The number of nitrogens with one attached hydrogen (secondary N) is 1. The van der Waals surface area contributed by atoms with Crippen LogP contribution in [0.4, 0.5) is 5.82 Å². The Labute approximate surface area is 119 Å². The molecule has 1 aromatic rings. The number of aromatic nitrogens is 2. The van der Waals surface area contributed by atoms with E-state index in [1.54, 1.807) is 0 Å². The number of rotatable bonds is 6. The summed E-state index contributed by atoms with van der Waals surface area (Å²) in [4.78, 5) is 22.1. The summed E-state index contributed by atoms with van der Waals surface area (Å²) < 4.78 is 4.64. The molecule has 0 aromatic carbocycles. The largest absolute Gasteiger partial charge is 0.463 e. The molecule has 0 aliphatic carbocycles. The third-order valence-corrected chi connectivity index (χ3v) is 3.38. The Kier molecular flexibility index (Phi) is 5.29. The summed E-state index contributed by atoms with van der Waals surface area (Å²) >= 11 is 0. The van der Waals surface area contributed by atoms with Crippen molar-refractivity contribution in [1.29, 1.82) is 0 Å². The fourth-order valence-corrected chi connectivity index (χ4v) is 2.37. The van der Waals surface area contributed by atoms with Gasteiger partial charge in [0, 0.05) is 18.3 Å². The van der Waals surface area contributed by atoms with Gasteiger partial charge in [0.05, 0.1) is 7.11 Å². The predicted molar refractivity (Wildman–Crippen MR) is 76.9 cm³/mol. The number of carbonyl (C=O) groups excluding carboxylic acids is 1. The first-order valence-corrected chi connectivity index (χ1v) is 7.09. The average molecular weight is 278 g/mol. The highest BCUT2D eigenvalue weighted by Crippen LogP contribution is 2.09. The lowest BCUT2D eigenvalue weighted by molar-refractivity contribution is 0.0586. The molecule has 1 saturated heterocycles. The first kappa shape index (κ1) is 14.7. The number of ether oxygens (including phenoxy) is 1. The lowest BCUT2D eigenvalue weighted by atomic mass is 10.3. The first-order chi connectivity index (χ1) is 9.69. The van der Waals surface area contributed by atoms with E-state index in [1.807, 2.05) is 13.0 Å². The number of methoxy groups -OCH3 is 1. The highest BCUT2D eigenvalue weighted by atomic mass is 16.5. The molecule has 0 amide bonds. The van der Waals surface area contributed by atoms with Crippen molar-refractivity contribution < 1.29 is 9.53 Å². The normalized spacial score (nSPS) is 15.3. The Morgan fingerprint density at radius 3 is 2.85 bits per heavy atom. The van der Waals surface area contributed by atoms with Crippen LogP contribution in [0, 0.1) is 6.92 Å². The monoisotopic (exact) mass is 278 g/mol. The van der Waals surface area contributed by atoms with Crippen molar-refractivity contribution in [2.45, 2.75) is 26.2 Å². The summed E-state index contributed by atoms with van der Waals surface area (Å²) in [6, 6.07) is 1.84. The molecule has 6 nitrogen and oxygen atoms in total. The van der Waals surface area contributed by atoms with Gasteiger partial charge in [-0.2, -0.15) is 0 Å². The average Bonchev–Trinajstić information content (AvgIpc) is 2.95. The molecular weight excluding hydrogens is 256 g/mol. The van der Waals surface area contributed by atoms with Crippen LogP contribution in [0.5, 0.6) is 0 Å². The van der Waals surface area contributed by atoms with Crippen molar-refractivity contribution in [3.05, 3.63) is 17.6 Å². The predicted octanol–water partition coefficient (Wildman–Crippen LogP) is 1.47. The number of anilines is 1. The van der Waals surface area contributed by atoms with Crippen LogP contribution in [-0.2, 0) is 4.74 Å². The van der Waals surface area contributed by atoms with Crippen LogP contribution in [0.3, 0.4) is 0 Å².